The van der Waals surface area contributed by atoms with Crippen molar-refractivity contribution in [1.82, 2.24) is 19.6 Å². The molecule has 0 atom stereocenters. The molecule has 4 aromatic rings. The molecule has 0 aliphatic rings. The molecule has 2 heterocycles. The summed E-state index contributed by atoms with van der Waals surface area (Å²) in [6, 6.07) is 18.0. The molecule has 2 aromatic heterocycles. The first-order valence-electron chi connectivity index (χ1n) is 9.65. The standard InChI is InChI=1S/C22H18N6O4/c1-15-21(24-25-27(15)18-5-4-6-19(13-18)28(31)32)22(30)23-17-10-8-16(9-11-17)14-26-12-3-2-7-20(26)29/h2-13H,14H2,1H3,(H,23,30). The van der Waals surface area contributed by atoms with E-state index in [1.165, 1.54) is 22.9 Å². The Labute approximate surface area is 181 Å². The number of hydrogen-bond donors (Lipinski definition) is 1. The van der Waals surface area contributed by atoms with Gasteiger partial charge in [0.05, 0.1) is 22.8 Å². The van der Waals surface area contributed by atoms with E-state index in [2.05, 4.69) is 15.6 Å². The lowest BCUT2D eigenvalue weighted by Crippen LogP contribution is -2.18. The first-order valence-corrected chi connectivity index (χ1v) is 9.65. The van der Waals surface area contributed by atoms with Gasteiger partial charge in [0, 0.05) is 30.1 Å². The van der Waals surface area contributed by atoms with Gasteiger partial charge >= 0.3 is 0 Å². The lowest BCUT2D eigenvalue weighted by molar-refractivity contribution is -0.384. The number of nitro groups is 1. The zero-order valence-corrected chi connectivity index (χ0v) is 17.0. The summed E-state index contributed by atoms with van der Waals surface area (Å²) in [5.41, 5.74) is 2.28. The van der Waals surface area contributed by atoms with Crippen LogP contribution in [0.1, 0.15) is 21.7 Å². The van der Waals surface area contributed by atoms with E-state index in [4.69, 9.17) is 0 Å². The Kier molecular flexibility index (Phi) is 5.58. The van der Waals surface area contributed by atoms with Crippen LogP contribution in [0.15, 0.2) is 77.7 Å². The van der Waals surface area contributed by atoms with Crippen molar-refractivity contribution in [2.24, 2.45) is 0 Å². The number of carbonyl (C=O) groups is 1. The maximum atomic E-state index is 12.7. The van der Waals surface area contributed by atoms with Crippen molar-refractivity contribution in [3.05, 3.63) is 110 Å². The van der Waals surface area contributed by atoms with E-state index in [-0.39, 0.29) is 16.9 Å². The normalized spacial score (nSPS) is 10.7. The van der Waals surface area contributed by atoms with Gasteiger partial charge in [-0.1, -0.05) is 29.5 Å². The minimum absolute atomic E-state index is 0.0822. The van der Waals surface area contributed by atoms with Crippen LogP contribution in [-0.4, -0.2) is 30.4 Å². The molecule has 1 N–H and O–H groups in total. The van der Waals surface area contributed by atoms with Gasteiger partial charge in [-0.05, 0) is 36.8 Å². The number of non-ortho nitro benzene ring substituents is 1. The smallest absolute Gasteiger partial charge is 0.278 e. The maximum absolute atomic E-state index is 12.7. The maximum Gasteiger partial charge on any atom is 0.278 e. The SMILES string of the molecule is Cc1c(C(=O)Nc2ccc(Cn3ccccc3=O)cc2)nnn1-c1cccc([N+](=O)[O-])c1. The van der Waals surface area contributed by atoms with Crippen molar-refractivity contribution in [1.29, 1.82) is 0 Å². The molecule has 0 aliphatic heterocycles. The number of rotatable bonds is 6. The summed E-state index contributed by atoms with van der Waals surface area (Å²) in [6.45, 7) is 2.08. The Morgan fingerprint density at radius 1 is 1.09 bits per heavy atom. The minimum atomic E-state index is -0.499. The molecule has 0 saturated carbocycles. The van der Waals surface area contributed by atoms with Crippen LogP contribution >= 0.6 is 0 Å². The number of amides is 1. The molecule has 0 saturated heterocycles. The number of nitrogens with one attached hydrogen (secondary N) is 1. The number of aromatic nitrogens is 4. The second kappa shape index (κ2) is 8.64. The van der Waals surface area contributed by atoms with Crippen LogP contribution in [0.3, 0.4) is 0 Å². The Morgan fingerprint density at radius 3 is 2.59 bits per heavy atom. The highest BCUT2D eigenvalue weighted by molar-refractivity contribution is 6.03. The number of pyridine rings is 1. The van der Waals surface area contributed by atoms with Crippen LogP contribution in [0.2, 0.25) is 0 Å². The van der Waals surface area contributed by atoms with Gasteiger partial charge in [-0.25, -0.2) is 4.68 Å². The van der Waals surface area contributed by atoms with Gasteiger partial charge in [-0.15, -0.1) is 5.10 Å². The molecule has 0 radical (unpaired) electrons. The fourth-order valence-electron chi connectivity index (χ4n) is 3.19. The largest absolute Gasteiger partial charge is 0.321 e. The quantitative estimate of drug-likeness (QED) is 0.370. The Hall–Kier alpha value is -4.60. The van der Waals surface area contributed by atoms with E-state index in [0.717, 1.165) is 5.56 Å². The van der Waals surface area contributed by atoms with Gasteiger partial charge in [0.2, 0.25) is 0 Å². The average Bonchev–Trinajstić information content (AvgIpc) is 3.18. The van der Waals surface area contributed by atoms with E-state index in [0.29, 0.717) is 23.6 Å². The molecule has 0 spiro atoms. The van der Waals surface area contributed by atoms with E-state index in [9.17, 15) is 19.7 Å². The van der Waals surface area contributed by atoms with Gasteiger partial charge < -0.3 is 9.88 Å². The molecular weight excluding hydrogens is 412 g/mol. The first kappa shape index (κ1) is 20.7. The van der Waals surface area contributed by atoms with Gasteiger partial charge in [-0.3, -0.25) is 19.7 Å². The van der Waals surface area contributed by atoms with E-state index >= 15 is 0 Å². The number of benzene rings is 2. The van der Waals surface area contributed by atoms with Crippen LogP contribution < -0.4 is 10.9 Å². The number of nitro benzene ring substituents is 1. The topological polar surface area (TPSA) is 125 Å². The van der Waals surface area contributed by atoms with Gasteiger partial charge in [0.15, 0.2) is 5.69 Å². The summed E-state index contributed by atoms with van der Waals surface area (Å²) in [4.78, 5) is 35.0. The third kappa shape index (κ3) is 4.29. The second-order valence-corrected chi connectivity index (χ2v) is 7.03. The minimum Gasteiger partial charge on any atom is -0.321 e. The third-order valence-corrected chi connectivity index (χ3v) is 4.86. The highest BCUT2D eigenvalue weighted by atomic mass is 16.6. The van der Waals surface area contributed by atoms with Crippen molar-refractivity contribution < 1.29 is 9.72 Å². The molecule has 32 heavy (non-hydrogen) atoms. The lowest BCUT2D eigenvalue weighted by atomic mass is 10.2. The highest BCUT2D eigenvalue weighted by Gasteiger charge is 2.18. The van der Waals surface area contributed by atoms with Gasteiger partial charge in [0.1, 0.15) is 0 Å². The van der Waals surface area contributed by atoms with Crippen molar-refractivity contribution in [3.63, 3.8) is 0 Å². The van der Waals surface area contributed by atoms with E-state index in [1.54, 1.807) is 54.1 Å². The Morgan fingerprint density at radius 2 is 1.88 bits per heavy atom. The molecule has 10 heteroatoms. The zero-order chi connectivity index (χ0) is 22.7. The van der Waals surface area contributed by atoms with Crippen LogP contribution in [0.5, 0.6) is 0 Å². The van der Waals surface area contributed by atoms with Crippen LogP contribution in [0.4, 0.5) is 11.4 Å². The molecule has 0 aliphatic carbocycles. The number of carbonyl (C=O) groups excluding carboxylic acids is 1. The first-order chi connectivity index (χ1) is 15.4. The Bertz CT molecular complexity index is 1360. The van der Waals surface area contributed by atoms with E-state index < -0.39 is 10.8 Å². The summed E-state index contributed by atoms with van der Waals surface area (Å²) < 4.78 is 2.96. The van der Waals surface area contributed by atoms with Gasteiger partial charge in [-0.2, -0.15) is 0 Å². The monoisotopic (exact) mass is 430 g/mol. The van der Waals surface area contributed by atoms with Crippen LogP contribution in [-0.2, 0) is 6.54 Å². The van der Waals surface area contributed by atoms with Crippen LogP contribution in [0, 0.1) is 17.0 Å². The summed E-state index contributed by atoms with van der Waals surface area (Å²) >= 11 is 0. The molecule has 0 unspecified atom stereocenters. The van der Waals surface area contributed by atoms with Crippen LogP contribution in [0.25, 0.3) is 5.69 Å². The van der Waals surface area contributed by atoms with E-state index in [1.807, 2.05) is 12.1 Å². The van der Waals surface area contributed by atoms with Crippen molar-refractivity contribution in [3.8, 4) is 5.69 Å². The van der Waals surface area contributed by atoms with Gasteiger partial charge in [0.25, 0.3) is 17.2 Å². The summed E-state index contributed by atoms with van der Waals surface area (Å²) in [5.74, 6) is -0.453. The lowest BCUT2D eigenvalue weighted by Gasteiger charge is -2.08. The third-order valence-electron chi connectivity index (χ3n) is 4.86. The summed E-state index contributed by atoms with van der Waals surface area (Å²) in [6.07, 6.45) is 1.71. The summed E-state index contributed by atoms with van der Waals surface area (Å²) in [7, 11) is 0. The predicted molar refractivity (Wildman–Crippen MR) is 117 cm³/mol. The molecule has 0 fully saturated rings. The molecular formula is C22H18N6O4. The molecule has 160 valence electrons. The van der Waals surface area contributed by atoms with Crippen molar-refractivity contribution in [2.45, 2.75) is 13.5 Å². The summed E-state index contributed by atoms with van der Waals surface area (Å²) in [5, 5.41) is 21.7. The zero-order valence-electron chi connectivity index (χ0n) is 17.0. The average molecular weight is 430 g/mol. The molecule has 2 aromatic carbocycles. The van der Waals surface area contributed by atoms with Crippen molar-refractivity contribution in [2.75, 3.05) is 5.32 Å². The fourth-order valence-corrected chi connectivity index (χ4v) is 3.19. The highest BCUT2D eigenvalue weighted by Crippen LogP contribution is 2.19. The molecule has 1 amide bonds. The Balaban J connectivity index is 1.49. The number of anilines is 1. The predicted octanol–water partition coefficient (Wildman–Crippen LogP) is 2.95. The second-order valence-electron chi connectivity index (χ2n) is 7.03. The number of hydrogen-bond acceptors (Lipinski definition) is 6. The molecule has 10 nitrogen and oxygen atoms in total. The molecule has 0 bridgehead atoms. The number of nitrogens with zero attached hydrogens (tertiary/aromatic N) is 5. The fraction of sp³-hybridized carbons (Fsp3) is 0.0909. The molecule has 4 rings (SSSR count). The van der Waals surface area contributed by atoms with Crippen molar-refractivity contribution >= 4 is 17.3 Å².